The molecule has 0 atom stereocenters. The van der Waals surface area contributed by atoms with Crippen molar-refractivity contribution in [3.63, 3.8) is 0 Å². The number of aryl methyl sites for hydroxylation is 1. The molecule has 90 valence electrons. The van der Waals surface area contributed by atoms with Gasteiger partial charge in [-0.2, -0.15) is 5.10 Å². The SMILES string of the molecule is CNCCc1nn(C)c(C)c1C1CCCC1. The first-order valence-corrected chi connectivity index (χ1v) is 6.41. The molecule has 1 saturated carbocycles. The Kier molecular flexibility index (Phi) is 3.64. The summed E-state index contributed by atoms with van der Waals surface area (Å²) in [6, 6.07) is 0. The van der Waals surface area contributed by atoms with Gasteiger partial charge in [-0.3, -0.25) is 4.68 Å². The Morgan fingerprint density at radius 2 is 2.06 bits per heavy atom. The summed E-state index contributed by atoms with van der Waals surface area (Å²) in [5, 5.41) is 7.88. The van der Waals surface area contributed by atoms with Gasteiger partial charge in [0.15, 0.2) is 0 Å². The third kappa shape index (κ3) is 2.14. The Bertz CT molecular complexity index is 348. The second kappa shape index (κ2) is 5.00. The molecule has 0 aliphatic heterocycles. The summed E-state index contributed by atoms with van der Waals surface area (Å²) < 4.78 is 2.05. The van der Waals surface area contributed by atoms with Crippen molar-refractivity contribution in [2.75, 3.05) is 13.6 Å². The molecule has 0 saturated heterocycles. The van der Waals surface area contributed by atoms with E-state index in [0.29, 0.717) is 0 Å². The van der Waals surface area contributed by atoms with E-state index in [1.165, 1.54) is 37.1 Å². The molecular formula is C13H23N3. The topological polar surface area (TPSA) is 29.9 Å². The molecule has 0 radical (unpaired) electrons. The second-order valence-corrected chi connectivity index (χ2v) is 4.90. The van der Waals surface area contributed by atoms with Crippen LogP contribution in [0, 0.1) is 6.92 Å². The molecule has 0 amide bonds. The lowest BCUT2D eigenvalue weighted by atomic mass is 9.94. The van der Waals surface area contributed by atoms with Crippen molar-refractivity contribution in [3.05, 3.63) is 17.0 Å². The van der Waals surface area contributed by atoms with Gasteiger partial charge in [0, 0.05) is 25.7 Å². The Labute approximate surface area is 98.2 Å². The summed E-state index contributed by atoms with van der Waals surface area (Å²) >= 11 is 0. The number of aromatic nitrogens is 2. The van der Waals surface area contributed by atoms with E-state index >= 15 is 0 Å². The van der Waals surface area contributed by atoms with Gasteiger partial charge in [0.1, 0.15) is 0 Å². The van der Waals surface area contributed by atoms with Gasteiger partial charge in [0.05, 0.1) is 5.69 Å². The summed E-state index contributed by atoms with van der Waals surface area (Å²) in [5.74, 6) is 0.778. The first-order valence-electron chi connectivity index (χ1n) is 6.41. The largest absolute Gasteiger partial charge is 0.319 e. The van der Waals surface area contributed by atoms with Gasteiger partial charge < -0.3 is 5.32 Å². The number of rotatable bonds is 4. The van der Waals surface area contributed by atoms with Crippen LogP contribution < -0.4 is 5.32 Å². The average molecular weight is 221 g/mol. The van der Waals surface area contributed by atoms with Crippen LogP contribution in [-0.2, 0) is 13.5 Å². The van der Waals surface area contributed by atoms with Gasteiger partial charge in [-0.25, -0.2) is 0 Å². The van der Waals surface area contributed by atoms with E-state index in [4.69, 9.17) is 0 Å². The van der Waals surface area contributed by atoms with Crippen molar-refractivity contribution in [2.45, 2.75) is 44.9 Å². The van der Waals surface area contributed by atoms with Crippen LogP contribution in [-0.4, -0.2) is 23.4 Å². The van der Waals surface area contributed by atoms with Gasteiger partial charge >= 0.3 is 0 Å². The van der Waals surface area contributed by atoms with Crippen LogP contribution >= 0.6 is 0 Å². The molecule has 0 aromatic carbocycles. The molecule has 0 unspecified atom stereocenters. The molecule has 1 N–H and O–H groups in total. The first kappa shape index (κ1) is 11.6. The number of likely N-dealkylation sites (N-methyl/N-ethyl adjacent to an activating group) is 1. The fraction of sp³-hybridized carbons (Fsp3) is 0.769. The highest BCUT2D eigenvalue weighted by atomic mass is 15.3. The first-order chi connectivity index (χ1) is 7.74. The van der Waals surface area contributed by atoms with E-state index < -0.39 is 0 Å². The molecule has 1 fully saturated rings. The normalized spacial score (nSPS) is 17.2. The van der Waals surface area contributed by atoms with Crippen LogP contribution in [0.2, 0.25) is 0 Å². The Balaban J connectivity index is 2.24. The van der Waals surface area contributed by atoms with Gasteiger partial charge in [-0.15, -0.1) is 0 Å². The molecule has 3 nitrogen and oxygen atoms in total. The molecule has 1 aromatic rings. The smallest absolute Gasteiger partial charge is 0.0674 e. The van der Waals surface area contributed by atoms with Crippen molar-refractivity contribution in [1.82, 2.24) is 15.1 Å². The molecule has 1 aliphatic rings. The van der Waals surface area contributed by atoms with E-state index in [1.807, 2.05) is 7.05 Å². The van der Waals surface area contributed by atoms with Crippen LogP contribution in [0.15, 0.2) is 0 Å². The highest BCUT2D eigenvalue weighted by molar-refractivity contribution is 5.30. The van der Waals surface area contributed by atoms with Gasteiger partial charge in [-0.05, 0) is 38.3 Å². The van der Waals surface area contributed by atoms with Crippen molar-refractivity contribution in [2.24, 2.45) is 7.05 Å². The van der Waals surface area contributed by atoms with E-state index in [9.17, 15) is 0 Å². The van der Waals surface area contributed by atoms with E-state index in [0.717, 1.165) is 18.9 Å². The van der Waals surface area contributed by atoms with E-state index in [2.05, 4.69) is 29.1 Å². The van der Waals surface area contributed by atoms with Crippen LogP contribution in [0.3, 0.4) is 0 Å². The second-order valence-electron chi connectivity index (χ2n) is 4.90. The third-order valence-electron chi connectivity index (χ3n) is 3.83. The fourth-order valence-electron chi connectivity index (χ4n) is 2.87. The Morgan fingerprint density at radius 1 is 1.38 bits per heavy atom. The predicted octanol–water partition coefficient (Wildman–Crippen LogP) is 2.15. The molecular weight excluding hydrogens is 198 g/mol. The summed E-state index contributed by atoms with van der Waals surface area (Å²) in [5.41, 5.74) is 4.24. The molecule has 16 heavy (non-hydrogen) atoms. The minimum absolute atomic E-state index is 0.778. The maximum absolute atomic E-state index is 4.67. The lowest BCUT2D eigenvalue weighted by molar-refractivity contribution is 0.695. The lowest BCUT2D eigenvalue weighted by Crippen LogP contribution is -2.12. The summed E-state index contributed by atoms with van der Waals surface area (Å²) in [6.45, 7) is 3.24. The summed E-state index contributed by atoms with van der Waals surface area (Å²) in [7, 11) is 4.07. The molecule has 0 spiro atoms. The molecule has 0 bridgehead atoms. The van der Waals surface area contributed by atoms with Crippen LogP contribution in [0.5, 0.6) is 0 Å². The highest BCUT2D eigenvalue weighted by Gasteiger charge is 2.24. The van der Waals surface area contributed by atoms with Gasteiger partial charge in [0.25, 0.3) is 0 Å². The fourth-order valence-corrected chi connectivity index (χ4v) is 2.87. The standard InChI is InChI=1S/C13H23N3/c1-10-13(11-6-4-5-7-11)12(8-9-14-2)15-16(10)3/h11,14H,4-9H2,1-3H3. The maximum Gasteiger partial charge on any atom is 0.0674 e. The third-order valence-corrected chi connectivity index (χ3v) is 3.83. The summed E-state index contributed by atoms with van der Waals surface area (Å²) in [4.78, 5) is 0. The Hall–Kier alpha value is -0.830. The summed E-state index contributed by atoms with van der Waals surface area (Å²) in [6.07, 6.45) is 6.57. The Morgan fingerprint density at radius 3 is 2.69 bits per heavy atom. The van der Waals surface area contributed by atoms with Gasteiger partial charge in [0.2, 0.25) is 0 Å². The van der Waals surface area contributed by atoms with E-state index in [-0.39, 0.29) is 0 Å². The number of nitrogens with one attached hydrogen (secondary N) is 1. The molecule has 2 rings (SSSR count). The predicted molar refractivity (Wildman–Crippen MR) is 66.8 cm³/mol. The highest BCUT2D eigenvalue weighted by Crippen LogP contribution is 2.37. The molecule has 3 heteroatoms. The number of hydrogen-bond acceptors (Lipinski definition) is 2. The van der Waals surface area contributed by atoms with Crippen LogP contribution in [0.4, 0.5) is 0 Å². The van der Waals surface area contributed by atoms with Crippen molar-refractivity contribution in [3.8, 4) is 0 Å². The minimum atomic E-state index is 0.778. The van der Waals surface area contributed by atoms with Crippen LogP contribution in [0.25, 0.3) is 0 Å². The molecule has 1 aliphatic carbocycles. The van der Waals surface area contributed by atoms with Crippen molar-refractivity contribution in [1.29, 1.82) is 0 Å². The zero-order valence-corrected chi connectivity index (χ0v) is 10.7. The zero-order chi connectivity index (χ0) is 11.5. The van der Waals surface area contributed by atoms with Crippen molar-refractivity contribution >= 4 is 0 Å². The average Bonchev–Trinajstić information content (AvgIpc) is 2.86. The van der Waals surface area contributed by atoms with E-state index in [1.54, 1.807) is 5.56 Å². The van der Waals surface area contributed by atoms with Gasteiger partial charge in [-0.1, -0.05) is 12.8 Å². The van der Waals surface area contributed by atoms with Crippen molar-refractivity contribution < 1.29 is 0 Å². The monoisotopic (exact) mass is 221 g/mol. The quantitative estimate of drug-likeness (QED) is 0.844. The zero-order valence-electron chi connectivity index (χ0n) is 10.7. The van der Waals surface area contributed by atoms with Crippen LogP contribution in [0.1, 0.15) is 48.6 Å². The number of hydrogen-bond donors (Lipinski definition) is 1. The molecule has 1 heterocycles. The minimum Gasteiger partial charge on any atom is -0.319 e. The maximum atomic E-state index is 4.67. The lowest BCUT2D eigenvalue weighted by Gasteiger charge is -2.11. The number of nitrogens with zero attached hydrogens (tertiary/aromatic N) is 2. The molecule has 1 aromatic heterocycles.